The third-order valence-corrected chi connectivity index (χ3v) is 5.97. The third-order valence-electron chi connectivity index (χ3n) is 5.97. The van der Waals surface area contributed by atoms with Crippen LogP contribution in [0.25, 0.3) is 0 Å². The molecule has 2 saturated heterocycles. The van der Waals surface area contributed by atoms with Crippen molar-refractivity contribution in [1.29, 1.82) is 0 Å². The number of rotatable bonds is 5. The van der Waals surface area contributed by atoms with Gasteiger partial charge in [-0.15, -0.1) is 0 Å². The van der Waals surface area contributed by atoms with Gasteiger partial charge in [-0.3, -0.25) is 9.69 Å². The zero-order valence-electron chi connectivity index (χ0n) is 15.7. The molecule has 0 N–H and O–H groups in total. The Bertz CT molecular complexity index is 704. The average molecular weight is 348 g/mol. The molecule has 1 amide bonds. The molecule has 3 heteroatoms. The van der Waals surface area contributed by atoms with Gasteiger partial charge < -0.3 is 4.90 Å². The number of likely N-dealkylation sites (tertiary alicyclic amines) is 2. The second-order valence-corrected chi connectivity index (χ2v) is 8.05. The molecule has 0 aromatic heterocycles. The van der Waals surface area contributed by atoms with Crippen LogP contribution in [-0.4, -0.2) is 47.9 Å². The van der Waals surface area contributed by atoms with Crippen LogP contribution in [0.2, 0.25) is 0 Å². The molecule has 0 radical (unpaired) electrons. The zero-order chi connectivity index (χ0) is 18.1. The first-order valence-electron chi connectivity index (χ1n) is 9.76. The molecule has 0 aliphatic carbocycles. The number of hydrogen-bond donors (Lipinski definition) is 0. The molecule has 4 rings (SSSR count). The Hall–Kier alpha value is -2.13. The van der Waals surface area contributed by atoms with Crippen molar-refractivity contribution in [1.82, 2.24) is 9.80 Å². The normalized spacial score (nSPS) is 22.5. The van der Waals surface area contributed by atoms with Crippen LogP contribution in [0.5, 0.6) is 0 Å². The topological polar surface area (TPSA) is 23.6 Å². The van der Waals surface area contributed by atoms with Gasteiger partial charge in [-0.25, -0.2) is 0 Å². The van der Waals surface area contributed by atoms with Crippen molar-refractivity contribution < 1.29 is 4.79 Å². The van der Waals surface area contributed by atoms with Gasteiger partial charge in [-0.1, -0.05) is 74.5 Å². The standard InChI is InChI=1S/C23H28N2O/c1-17(2)23(26)25-14-20-13-24(22(20)16-25)15-21(18-9-5-3-6-10-18)19-11-7-4-8-12-19/h3-12,17,20-22H,13-16H2,1-2H3/t20-,22+/m1/s1. The quantitative estimate of drug-likeness (QED) is 0.824. The van der Waals surface area contributed by atoms with E-state index in [0.29, 0.717) is 23.8 Å². The molecule has 2 aromatic rings. The summed E-state index contributed by atoms with van der Waals surface area (Å²) in [6.45, 7) is 7.99. The fourth-order valence-electron chi connectivity index (χ4n) is 4.51. The first-order chi connectivity index (χ1) is 12.6. The maximum absolute atomic E-state index is 12.3. The van der Waals surface area contributed by atoms with Crippen molar-refractivity contribution in [2.45, 2.75) is 25.8 Å². The third kappa shape index (κ3) is 3.28. The van der Waals surface area contributed by atoms with Crippen molar-refractivity contribution in [2.24, 2.45) is 11.8 Å². The largest absolute Gasteiger partial charge is 0.341 e. The summed E-state index contributed by atoms with van der Waals surface area (Å²) in [5, 5.41) is 0. The number of carbonyl (C=O) groups is 1. The highest BCUT2D eigenvalue weighted by Gasteiger charge is 2.47. The van der Waals surface area contributed by atoms with E-state index in [1.165, 1.54) is 11.1 Å². The van der Waals surface area contributed by atoms with Gasteiger partial charge >= 0.3 is 0 Å². The van der Waals surface area contributed by atoms with Crippen molar-refractivity contribution in [3.8, 4) is 0 Å². The molecule has 0 saturated carbocycles. The maximum Gasteiger partial charge on any atom is 0.225 e. The van der Waals surface area contributed by atoms with Crippen LogP contribution in [0.1, 0.15) is 30.9 Å². The fourth-order valence-corrected chi connectivity index (χ4v) is 4.51. The summed E-state index contributed by atoms with van der Waals surface area (Å²) in [6.07, 6.45) is 0. The molecule has 0 bridgehead atoms. The summed E-state index contributed by atoms with van der Waals surface area (Å²) < 4.78 is 0. The predicted octanol–water partition coefficient (Wildman–Crippen LogP) is 3.62. The molecular weight excluding hydrogens is 320 g/mol. The Morgan fingerprint density at radius 1 is 0.923 bits per heavy atom. The van der Waals surface area contributed by atoms with Gasteiger partial charge in [0.1, 0.15) is 0 Å². The molecule has 0 spiro atoms. The Morgan fingerprint density at radius 2 is 1.50 bits per heavy atom. The van der Waals surface area contributed by atoms with Crippen LogP contribution in [-0.2, 0) is 4.79 Å². The van der Waals surface area contributed by atoms with Crippen molar-refractivity contribution in [3.63, 3.8) is 0 Å². The maximum atomic E-state index is 12.3. The van der Waals surface area contributed by atoms with Crippen LogP contribution in [0.4, 0.5) is 0 Å². The van der Waals surface area contributed by atoms with Crippen molar-refractivity contribution >= 4 is 5.91 Å². The van der Waals surface area contributed by atoms with E-state index in [-0.39, 0.29) is 5.92 Å². The molecule has 2 aromatic carbocycles. The molecule has 2 heterocycles. The highest BCUT2D eigenvalue weighted by atomic mass is 16.2. The van der Waals surface area contributed by atoms with E-state index >= 15 is 0 Å². The second kappa shape index (κ2) is 7.24. The highest BCUT2D eigenvalue weighted by molar-refractivity contribution is 5.78. The first kappa shape index (κ1) is 17.3. The molecule has 2 atom stereocenters. The summed E-state index contributed by atoms with van der Waals surface area (Å²) in [5.74, 6) is 1.45. The van der Waals surface area contributed by atoms with Crippen LogP contribution in [0.15, 0.2) is 60.7 Å². The van der Waals surface area contributed by atoms with E-state index < -0.39 is 0 Å². The predicted molar refractivity (Wildman–Crippen MR) is 105 cm³/mol. The van der Waals surface area contributed by atoms with Crippen LogP contribution < -0.4 is 0 Å². The number of hydrogen-bond acceptors (Lipinski definition) is 2. The Balaban J connectivity index is 1.49. The zero-order valence-corrected chi connectivity index (χ0v) is 15.7. The average Bonchev–Trinajstić information content (AvgIpc) is 3.00. The number of fused-ring (bicyclic) bond motifs is 1. The van der Waals surface area contributed by atoms with Crippen molar-refractivity contribution in [2.75, 3.05) is 26.2 Å². The molecular formula is C23H28N2O. The number of amides is 1. The number of benzene rings is 2. The summed E-state index contributed by atoms with van der Waals surface area (Å²) in [5.41, 5.74) is 2.74. The Labute approximate surface area is 156 Å². The Morgan fingerprint density at radius 3 is 2.04 bits per heavy atom. The lowest BCUT2D eigenvalue weighted by atomic mass is 9.86. The highest BCUT2D eigenvalue weighted by Crippen LogP contribution is 2.36. The van der Waals surface area contributed by atoms with Gasteiger partial charge in [0.05, 0.1) is 0 Å². The monoisotopic (exact) mass is 348 g/mol. The molecule has 0 unspecified atom stereocenters. The summed E-state index contributed by atoms with van der Waals surface area (Å²) in [4.78, 5) is 17.0. The van der Waals surface area contributed by atoms with Gasteiger partial charge in [0.25, 0.3) is 0 Å². The molecule has 26 heavy (non-hydrogen) atoms. The lowest BCUT2D eigenvalue weighted by Gasteiger charge is -2.45. The van der Waals surface area contributed by atoms with E-state index in [0.717, 1.165) is 26.2 Å². The summed E-state index contributed by atoms with van der Waals surface area (Å²) >= 11 is 0. The minimum atomic E-state index is 0.0994. The van der Waals surface area contributed by atoms with E-state index in [9.17, 15) is 4.79 Å². The minimum absolute atomic E-state index is 0.0994. The van der Waals surface area contributed by atoms with E-state index in [1.807, 2.05) is 13.8 Å². The van der Waals surface area contributed by atoms with E-state index in [4.69, 9.17) is 0 Å². The summed E-state index contributed by atoms with van der Waals surface area (Å²) in [7, 11) is 0. The van der Waals surface area contributed by atoms with Gasteiger partial charge in [0.2, 0.25) is 5.91 Å². The van der Waals surface area contributed by atoms with Gasteiger partial charge in [0.15, 0.2) is 0 Å². The number of carbonyl (C=O) groups excluding carboxylic acids is 1. The minimum Gasteiger partial charge on any atom is -0.341 e. The lowest BCUT2D eigenvalue weighted by Crippen LogP contribution is -2.56. The fraction of sp³-hybridized carbons (Fsp3) is 0.435. The lowest BCUT2D eigenvalue weighted by molar-refractivity contribution is -0.133. The molecule has 3 nitrogen and oxygen atoms in total. The first-order valence-corrected chi connectivity index (χ1v) is 9.76. The van der Waals surface area contributed by atoms with Crippen LogP contribution >= 0.6 is 0 Å². The molecule has 2 fully saturated rings. The van der Waals surface area contributed by atoms with Crippen LogP contribution in [0, 0.1) is 11.8 Å². The van der Waals surface area contributed by atoms with E-state index in [1.54, 1.807) is 0 Å². The van der Waals surface area contributed by atoms with E-state index in [2.05, 4.69) is 70.5 Å². The Kier molecular flexibility index (Phi) is 4.82. The second-order valence-electron chi connectivity index (χ2n) is 8.05. The number of nitrogens with zero attached hydrogens (tertiary/aromatic N) is 2. The molecule has 2 aliphatic rings. The SMILES string of the molecule is CC(C)C(=O)N1C[C@H]2CN(CC(c3ccccc3)c3ccccc3)[C@H]2C1. The van der Waals surface area contributed by atoms with Crippen molar-refractivity contribution in [3.05, 3.63) is 71.8 Å². The van der Waals surface area contributed by atoms with Gasteiger partial charge in [0, 0.05) is 50.0 Å². The smallest absolute Gasteiger partial charge is 0.225 e. The molecule has 2 aliphatic heterocycles. The van der Waals surface area contributed by atoms with Crippen LogP contribution in [0.3, 0.4) is 0 Å². The van der Waals surface area contributed by atoms with Gasteiger partial charge in [-0.2, -0.15) is 0 Å². The summed E-state index contributed by atoms with van der Waals surface area (Å²) in [6, 6.07) is 22.1. The molecule has 136 valence electrons. The van der Waals surface area contributed by atoms with Gasteiger partial charge in [-0.05, 0) is 11.1 Å².